The van der Waals surface area contributed by atoms with Gasteiger partial charge in [0.1, 0.15) is 0 Å². The first-order valence-electron chi connectivity index (χ1n) is 5.84. The molecule has 0 aromatic carbocycles. The highest BCUT2D eigenvalue weighted by Gasteiger charge is 2.38. The van der Waals surface area contributed by atoms with Gasteiger partial charge in [0.15, 0.2) is 0 Å². The predicted molar refractivity (Wildman–Crippen MR) is 61.2 cm³/mol. The summed E-state index contributed by atoms with van der Waals surface area (Å²) < 4.78 is 0. The Morgan fingerprint density at radius 2 is 2.00 bits per heavy atom. The van der Waals surface area contributed by atoms with Gasteiger partial charge in [-0.2, -0.15) is 0 Å². The molecule has 1 saturated carbocycles. The molecule has 0 heterocycles. The Labute approximate surface area is 88.2 Å². The lowest BCUT2D eigenvalue weighted by Crippen LogP contribution is -2.41. The van der Waals surface area contributed by atoms with Gasteiger partial charge in [0.25, 0.3) is 0 Å². The maximum Gasteiger partial charge on any atom is 0.0860 e. The molecular formula is C13H24O. The van der Waals surface area contributed by atoms with Crippen LogP contribution in [0.15, 0.2) is 11.6 Å². The van der Waals surface area contributed by atoms with Crippen molar-refractivity contribution in [1.82, 2.24) is 0 Å². The van der Waals surface area contributed by atoms with Crippen molar-refractivity contribution in [2.24, 2.45) is 11.8 Å². The molecule has 2 atom stereocenters. The van der Waals surface area contributed by atoms with Gasteiger partial charge in [0.2, 0.25) is 0 Å². The predicted octanol–water partition coefficient (Wildman–Crippen LogP) is 3.53. The summed E-state index contributed by atoms with van der Waals surface area (Å²) in [6.07, 6.45) is 6.65. The van der Waals surface area contributed by atoms with Crippen LogP contribution in [0.4, 0.5) is 0 Å². The molecule has 0 radical (unpaired) electrons. The molecule has 0 bridgehead atoms. The number of aliphatic hydroxyl groups is 1. The van der Waals surface area contributed by atoms with Crippen molar-refractivity contribution < 1.29 is 5.11 Å². The summed E-state index contributed by atoms with van der Waals surface area (Å²) in [6, 6.07) is 0. The Morgan fingerprint density at radius 1 is 1.36 bits per heavy atom. The summed E-state index contributed by atoms with van der Waals surface area (Å²) in [7, 11) is 0. The molecule has 1 aliphatic carbocycles. The van der Waals surface area contributed by atoms with Crippen molar-refractivity contribution in [3.05, 3.63) is 11.6 Å². The molecule has 0 aliphatic heterocycles. The van der Waals surface area contributed by atoms with Crippen LogP contribution in [0.2, 0.25) is 0 Å². The highest BCUT2D eigenvalue weighted by atomic mass is 16.3. The average molecular weight is 196 g/mol. The molecule has 2 unspecified atom stereocenters. The van der Waals surface area contributed by atoms with Crippen LogP contribution < -0.4 is 0 Å². The minimum atomic E-state index is -0.523. The van der Waals surface area contributed by atoms with E-state index in [0.717, 1.165) is 6.42 Å². The number of rotatable bonds is 2. The molecule has 1 rings (SSSR count). The third-order valence-electron chi connectivity index (χ3n) is 3.33. The lowest BCUT2D eigenvalue weighted by molar-refractivity contribution is -0.0252. The standard InChI is InChI=1S/C13H24O/c1-10(2)9-13(14)8-6-5-7-12(13)11(3)4/h9,11-12,14H,5-8H2,1-4H3. The van der Waals surface area contributed by atoms with E-state index in [1.807, 2.05) is 0 Å². The first-order chi connectivity index (χ1) is 6.46. The molecular weight excluding hydrogens is 172 g/mol. The molecule has 0 aromatic heterocycles. The molecule has 82 valence electrons. The molecule has 1 heteroatoms. The summed E-state index contributed by atoms with van der Waals surface area (Å²) >= 11 is 0. The lowest BCUT2D eigenvalue weighted by Gasteiger charge is -2.40. The maximum absolute atomic E-state index is 10.6. The van der Waals surface area contributed by atoms with E-state index < -0.39 is 5.60 Å². The molecule has 0 amide bonds. The Morgan fingerprint density at radius 3 is 2.50 bits per heavy atom. The second-order valence-electron chi connectivity index (χ2n) is 5.31. The summed E-state index contributed by atoms with van der Waals surface area (Å²) in [5.41, 5.74) is 0.714. The van der Waals surface area contributed by atoms with Crippen molar-refractivity contribution in [3.8, 4) is 0 Å². The van der Waals surface area contributed by atoms with Gasteiger partial charge in [-0.1, -0.05) is 38.3 Å². The zero-order valence-corrected chi connectivity index (χ0v) is 10.0. The van der Waals surface area contributed by atoms with Crippen LogP contribution in [0.3, 0.4) is 0 Å². The normalized spacial score (nSPS) is 33.1. The zero-order valence-electron chi connectivity index (χ0n) is 10.0. The van der Waals surface area contributed by atoms with E-state index in [1.165, 1.54) is 24.8 Å². The zero-order chi connectivity index (χ0) is 10.8. The van der Waals surface area contributed by atoms with Crippen LogP contribution in [0.25, 0.3) is 0 Å². The van der Waals surface area contributed by atoms with Crippen molar-refractivity contribution in [3.63, 3.8) is 0 Å². The smallest absolute Gasteiger partial charge is 0.0860 e. The van der Waals surface area contributed by atoms with E-state index >= 15 is 0 Å². The largest absolute Gasteiger partial charge is 0.385 e. The van der Waals surface area contributed by atoms with E-state index in [0.29, 0.717) is 11.8 Å². The van der Waals surface area contributed by atoms with Crippen molar-refractivity contribution in [1.29, 1.82) is 0 Å². The van der Waals surface area contributed by atoms with Crippen LogP contribution in [0, 0.1) is 11.8 Å². The Kier molecular flexibility index (Phi) is 3.77. The highest BCUT2D eigenvalue weighted by molar-refractivity contribution is 5.11. The van der Waals surface area contributed by atoms with Crippen molar-refractivity contribution in [2.45, 2.75) is 59.0 Å². The molecule has 1 aliphatic rings. The Hall–Kier alpha value is -0.300. The topological polar surface area (TPSA) is 20.2 Å². The second-order valence-corrected chi connectivity index (χ2v) is 5.31. The van der Waals surface area contributed by atoms with Crippen LogP contribution in [-0.4, -0.2) is 10.7 Å². The van der Waals surface area contributed by atoms with E-state index in [1.54, 1.807) is 0 Å². The fraction of sp³-hybridized carbons (Fsp3) is 0.846. The molecule has 1 N–H and O–H groups in total. The van der Waals surface area contributed by atoms with Gasteiger partial charge in [-0.15, -0.1) is 0 Å². The number of hydrogen-bond acceptors (Lipinski definition) is 1. The first kappa shape index (κ1) is 11.8. The highest BCUT2D eigenvalue weighted by Crippen LogP contribution is 2.39. The monoisotopic (exact) mass is 196 g/mol. The molecule has 14 heavy (non-hydrogen) atoms. The maximum atomic E-state index is 10.6. The molecule has 0 spiro atoms. The molecule has 0 saturated heterocycles. The molecule has 1 nitrogen and oxygen atoms in total. The van der Waals surface area contributed by atoms with Gasteiger partial charge < -0.3 is 5.11 Å². The Bertz CT molecular complexity index is 213. The molecule has 1 fully saturated rings. The fourth-order valence-electron chi connectivity index (χ4n) is 2.80. The van der Waals surface area contributed by atoms with Gasteiger partial charge >= 0.3 is 0 Å². The van der Waals surface area contributed by atoms with Crippen LogP contribution in [0.5, 0.6) is 0 Å². The second kappa shape index (κ2) is 4.48. The van der Waals surface area contributed by atoms with Crippen molar-refractivity contribution in [2.75, 3.05) is 0 Å². The third-order valence-corrected chi connectivity index (χ3v) is 3.33. The summed E-state index contributed by atoms with van der Waals surface area (Å²) in [6.45, 7) is 8.59. The Balaban J connectivity index is 2.85. The molecule has 0 aromatic rings. The SMILES string of the molecule is CC(C)=CC1(O)CCCCC1C(C)C. The van der Waals surface area contributed by atoms with E-state index in [9.17, 15) is 5.11 Å². The van der Waals surface area contributed by atoms with E-state index in [4.69, 9.17) is 0 Å². The lowest BCUT2D eigenvalue weighted by atomic mass is 9.69. The first-order valence-corrected chi connectivity index (χ1v) is 5.84. The number of hydrogen-bond donors (Lipinski definition) is 1. The number of allylic oxidation sites excluding steroid dienone is 1. The van der Waals surface area contributed by atoms with Crippen LogP contribution in [0.1, 0.15) is 53.4 Å². The van der Waals surface area contributed by atoms with Crippen LogP contribution in [-0.2, 0) is 0 Å². The average Bonchev–Trinajstić information content (AvgIpc) is 2.01. The fourth-order valence-corrected chi connectivity index (χ4v) is 2.80. The summed E-state index contributed by atoms with van der Waals surface area (Å²) in [5.74, 6) is 1.03. The summed E-state index contributed by atoms with van der Waals surface area (Å²) in [4.78, 5) is 0. The van der Waals surface area contributed by atoms with Crippen molar-refractivity contribution >= 4 is 0 Å². The van der Waals surface area contributed by atoms with E-state index in [2.05, 4.69) is 33.8 Å². The van der Waals surface area contributed by atoms with Gasteiger partial charge in [0, 0.05) is 0 Å². The third kappa shape index (κ3) is 2.60. The quantitative estimate of drug-likeness (QED) is 0.670. The van der Waals surface area contributed by atoms with Gasteiger partial charge in [-0.05, 0) is 38.5 Å². The van der Waals surface area contributed by atoms with Crippen LogP contribution >= 0.6 is 0 Å². The van der Waals surface area contributed by atoms with Gasteiger partial charge in [-0.3, -0.25) is 0 Å². The minimum absolute atomic E-state index is 0.450. The van der Waals surface area contributed by atoms with Gasteiger partial charge in [-0.25, -0.2) is 0 Å². The minimum Gasteiger partial charge on any atom is -0.385 e. The van der Waals surface area contributed by atoms with Gasteiger partial charge in [0.05, 0.1) is 5.60 Å². The van der Waals surface area contributed by atoms with E-state index in [-0.39, 0.29) is 0 Å². The summed E-state index contributed by atoms with van der Waals surface area (Å²) in [5, 5.41) is 10.6.